The van der Waals surface area contributed by atoms with E-state index in [1.807, 2.05) is 48.5 Å². The van der Waals surface area contributed by atoms with E-state index in [0.29, 0.717) is 5.92 Å². The molecule has 0 saturated heterocycles. The Morgan fingerprint density at radius 2 is 1.54 bits per heavy atom. The molecular formula is C21H23NO2. The quantitative estimate of drug-likeness (QED) is 0.876. The molecule has 3 nitrogen and oxygen atoms in total. The van der Waals surface area contributed by atoms with E-state index in [9.17, 15) is 4.79 Å². The van der Waals surface area contributed by atoms with Crippen molar-refractivity contribution in [2.75, 3.05) is 0 Å². The number of benzene rings is 2. The Morgan fingerprint density at radius 1 is 0.958 bits per heavy atom. The number of carbonyl (C=O) groups excluding carboxylic acids is 1. The molecule has 1 heterocycles. The van der Waals surface area contributed by atoms with E-state index >= 15 is 0 Å². The van der Waals surface area contributed by atoms with Crippen LogP contribution in [0.5, 0.6) is 11.5 Å². The van der Waals surface area contributed by atoms with Crippen molar-refractivity contribution in [1.82, 2.24) is 5.32 Å². The molecule has 2 atom stereocenters. The summed E-state index contributed by atoms with van der Waals surface area (Å²) in [5, 5.41) is 3.33. The first-order chi connectivity index (χ1) is 11.7. The van der Waals surface area contributed by atoms with Gasteiger partial charge in [-0.3, -0.25) is 4.79 Å². The first-order valence-corrected chi connectivity index (χ1v) is 8.90. The zero-order valence-corrected chi connectivity index (χ0v) is 14.0. The summed E-state index contributed by atoms with van der Waals surface area (Å²) in [4.78, 5) is 13.2. The van der Waals surface area contributed by atoms with Gasteiger partial charge in [0.15, 0.2) is 0 Å². The van der Waals surface area contributed by atoms with E-state index < -0.39 is 0 Å². The molecule has 1 amide bonds. The topological polar surface area (TPSA) is 38.3 Å². The highest BCUT2D eigenvalue weighted by Crippen LogP contribution is 2.44. The number of rotatable bonds is 2. The zero-order chi connectivity index (χ0) is 16.5. The van der Waals surface area contributed by atoms with Gasteiger partial charge in [-0.15, -0.1) is 0 Å². The van der Waals surface area contributed by atoms with Crippen LogP contribution in [-0.2, 0) is 4.79 Å². The summed E-state index contributed by atoms with van der Waals surface area (Å²) in [6, 6.07) is 16.0. The van der Waals surface area contributed by atoms with E-state index in [2.05, 4.69) is 12.2 Å². The smallest absolute Gasteiger partial charge is 0.232 e. The maximum Gasteiger partial charge on any atom is 0.232 e. The Balaban J connectivity index is 1.67. The van der Waals surface area contributed by atoms with E-state index in [-0.39, 0.29) is 17.9 Å². The minimum absolute atomic E-state index is 0.0944. The lowest BCUT2D eigenvalue weighted by molar-refractivity contribution is -0.123. The fraction of sp³-hybridized carbons (Fsp3) is 0.381. The van der Waals surface area contributed by atoms with Crippen LogP contribution in [0.3, 0.4) is 0 Å². The second kappa shape index (κ2) is 6.31. The van der Waals surface area contributed by atoms with Crippen LogP contribution in [-0.4, -0.2) is 11.9 Å². The number of ether oxygens (including phenoxy) is 1. The average Bonchev–Trinajstić information content (AvgIpc) is 2.61. The number of carbonyl (C=O) groups is 1. The molecule has 4 rings (SSSR count). The van der Waals surface area contributed by atoms with E-state index in [0.717, 1.165) is 29.0 Å². The van der Waals surface area contributed by atoms with Crippen LogP contribution in [0.25, 0.3) is 0 Å². The van der Waals surface area contributed by atoms with Gasteiger partial charge in [-0.1, -0.05) is 56.2 Å². The molecule has 1 saturated carbocycles. The Kier molecular flexibility index (Phi) is 4.01. The Labute approximate surface area is 143 Å². The van der Waals surface area contributed by atoms with Crippen molar-refractivity contribution in [3.05, 3.63) is 59.7 Å². The molecule has 1 N–H and O–H groups in total. The SMILES string of the molecule is C[C@@H]1CCCC[C@@H]1NC(=O)C1c2ccccc2Oc2ccccc21. The maximum atomic E-state index is 13.2. The molecule has 124 valence electrons. The molecule has 2 aliphatic rings. The molecule has 1 fully saturated rings. The number of hydrogen-bond acceptors (Lipinski definition) is 2. The first-order valence-electron chi connectivity index (χ1n) is 8.90. The number of para-hydroxylation sites is 2. The molecular weight excluding hydrogens is 298 g/mol. The highest BCUT2D eigenvalue weighted by atomic mass is 16.5. The van der Waals surface area contributed by atoms with Gasteiger partial charge in [0.05, 0.1) is 5.92 Å². The first kappa shape index (κ1) is 15.3. The second-order valence-corrected chi connectivity index (χ2v) is 6.99. The number of fused-ring (bicyclic) bond motifs is 2. The van der Waals surface area contributed by atoms with E-state index in [1.165, 1.54) is 19.3 Å². The van der Waals surface area contributed by atoms with Crippen LogP contribution in [0, 0.1) is 5.92 Å². The predicted molar refractivity (Wildman–Crippen MR) is 94.4 cm³/mol. The second-order valence-electron chi connectivity index (χ2n) is 6.99. The van der Waals surface area contributed by atoms with Gasteiger partial charge in [-0.05, 0) is 30.9 Å². The summed E-state index contributed by atoms with van der Waals surface area (Å²) < 4.78 is 5.99. The maximum absolute atomic E-state index is 13.2. The van der Waals surface area contributed by atoms with Crippen molar-refractivity contribution in [3.63, 3.8) is 0 Å². The van der Waals surface area contributed by atoms with Crippen LogP contribution in [0.1, 0.15) is 49.7 Å². The van der Waals surface area contributed by atoms with Gasteiger partial charge in [0.1, 0.15) is 11.5 Å². The van der Waals surface area contributed by atoms with Crippen LogP contribution in [0.2, 0.25) is 0 Å². The lowest BCUT2D eigenvalue weighted by atomic mass is 9.83. The minimum Gasteiger partial charge on any atom is -0.457 e. The van der Waals surface area contributed by atoms with Crippen molar-refractivity contribution in [3.8, 4) is 11.5 Å². The standard InChI is InChI=1S/C21H23NO2/c1-14-8-2-5-11-17(14)22-21(23)20-15-9-3-6-12-18(15)24-19-13-7-4-10-16(19)20/h3-4,6-7,9-10,12-14,17,20H,2,5,8,11H2,1H3,(H,22,23)/t14-,17+/m1/s1. The largest absolute Gasteiger partial charge is 0.457 e. The Bertz CT molecular complexity index is 710. The van der Waals surface area contributed by atoms with Crippen molar-refractivity contribution in [2.45, 2.75) is 44.6 Å². The molecule has 24 heavy (non-hydrogen) atoms. The van der Waals surface area contributed by atoms with Gasteiger partial charge in [0.2, 0.25) is 5.91 Å². The van der Waals surface area contributed by atoms with Gasteiger partial charge in [0.25, 0.3) is 0 Å². The summed E-state index contributed by atoms with van der Waals surface area (Å²) in [5.74, 6) is 1.92. The average molecular weight is 321 g/mol. The lowest BCUT2D eigenvalue weighted by Crippen LogP contribution is -2.43. The summed E-state index contributed by atoms with van der Waals surface area (Å²) in [6.45, 7) is 2.25. The summed E-state index contributed by atoms with van der Waals surface area (Å²) in [6.07, 6.45) is 4.76. The van der Waals surface area contributed by atoms with E-state index in [1.54, 1.807) is 0 Å². The molecule has 0 aromatic heterocycles. The Morgan fingerprint density at radius 3 is 2.17 bits per heavy atom. The third kappa shape index (κ3) is 2.68. The molecule has 2 aromatic rings. The monoisotopic (exact) mass is 321 g/mol. The van der Waals surface area contributed by atoms with Crippen LogP contribution in [0.15, 0.2) is 48.5 Å². The minimum atomic E-state index is -0.291. The van der Waals surface area contributed by atoms with E-state index in [4.69, 9.17) is 4.74 Å². The van der Waals surface area contributed by atoms with Gasteiger partial charge in [0, 0.05) is 17.2 Å². The summed E-state index contributed by atoms with van der Waals surface area (Å²) >= 11 is 0. The fourth-order valence-corrected chi connectivity index (χ4v) is 3.99. The number of nitrogens with one attached hydrogen (secondary N) is 1. The Hall–Kier alpha value is -2.29. The van der Waals surface area contributed by atoms with Crippen molar-refractivity contribution in [1.29, 1.82) is 0 Å². The zero-order valence-electron chi connectivity index (χ0n) is 14.0. The lowest BCUT2D eigenvalue weighted by Gasteiger charge is -2.33. The molecule has 0 bridgehead atoms. The van der Waals surface area contributed by atoms with Gasteiger partial charge in [-0.2, -0.15) is 0 Å². The van der Waals surface area contributed by atoms with Crippen molar-refractivity contribution >= 4 is 5.91 Å². The predicted octanol–water partition coefficient (Wildman–Crippen LogP) is 4.62. The molecule has 1 aliphatic heterocycles. The third-order valence-corrected chi connectivity index (χ3v) is 5.38. The molecule has 0 unspecified atom stereocenters. The van der Waals surface area contributed by atoms with Crippen LogP contribution in [0.4, 0.5) is 0 Å². The highest BCUT2D eigenvalue weighted by molar-refractivity contribution is 5.89. The molecule has 3 heteroatoms. The van der Waals surface area contributed by atoms with Gasteiger partial charge in [-0.25, -0.2) is 0 Å². The van der Waals surface area contributed by atoms with Gasteiger partial charge < -0.3 is 10.1 Å². The summed E-state index contributed by atoms with van der Waals surface area (Å²) in [5.41, 5.74) is 1.91. The third-order valence-electron chi connectivity index (χ3n) is 5.38. The molecule has 2 aromatic carbocycles. The van der Waals surface area contributed by atoms with Crippen molar-refractivity contribution < 1.29 is 9.53 Å². The van der Waals surface area contributed by atoms with Crippen molar-refractivity contribution in [2.24, 2.45) is 5.92 Å². The van der Waals surface area contributed by atoms with Gasteiger partial charge >= 0.3 is 0 Å². The molecule has 0 radical (unpaired) electrons. The normalized spacial score (nSPS) is 22.9. The molecule has 1 aliphatic carbocycles. The molecule has 0 spiro atoms. The highest BCUT2D eigenvalue weighted by Gasteiger charge is 2.34. The summed E-state index contributed by atoms with van der Waals surface area (Å²) in [7, 11) is 0. The fourth-order valence-electron chi connectivity index (χ4n) is 3.99. The van der Waals surface area contributed by atoms with Crippen LogP contribution < -0.4 is 10.1 Å². The van der Waals surface area contributed by atoms with Crippen LogP contribution >= 0.6 is 0 Å². The number of amides is 1. The number of hydrogen-bond donors (Lipinski definition) is 1.